The lowest BCUT2D eigenvalue weighted by atomic mass is 10.1. The Hall–Kier alpha value is -1.22. The Kier molecular flexibility index (Phi) is 4.48. The zero-order valence-corrected chi connectivity index (χ0v) is 11.5. The Morgan fingerprint density at radius 3 is 2.50 bits per heavy atom. The van der Waals surface area contributed by atoms with E-state index in [9.17, 15) is 0 Å². The van der Waals surface area contributed by atoms with E-state index in [4.69, 9.17) is 23.2 Å². The molecule has 94 valence electrons. The molecule has 0 atom stereocenters. The summed E-state index contributed by atoms with van der Waals surface area (Å²) >= 11 is 12.2. The molecule has 0 unspecified atom stereocenters. The Bertz CT molecular complexity index is 527. The van der Waals surface area contributed by atoms with Crippen molar-refractivity contribution in [2.24, 2.45) is 0 Å². The molecule has 0 aromatic heterocycles. The first-order valence-corrected chi connectivity index (χ1v) is 6.41. The van der Waals surface area contributed by atoms with Crippen LogP contribution in [0.4, 0.5) is 5.69 Å². The van der Waals surface area contributed by atoms with Gasteiger partial charge in [-0.25, -0.2) is 5.43 Å². The van der Waals surface area contributed by atoms with Gasteiger partial charge >= 0.3 is 0 Å². The van der Waals surface area contributed by atoms with Gasteiger partial charge in [-0.2, -0.15) is 0 Å². The molecule has 2 aromatic carbocycles. The third-order valence-electron chi connectivity index (χ3n) is 2.58. The number of anilines is 1. The van der Waals surface area contributed by atoms with Crippen LogP contribution in [0.1, 0.15) is 11.1 Å². The molecule has 0 heterocycles. The molecule has 2 rings (SSSR count). The van der Waals surface area contributed by atoms with Crippen LogP contribution in [0.15, 0.2) is 42.5 Å². The maximum atomic E-state index is 6.22. The molecule has 2 N–H and O–H groups in total. The van der Waals surface area contributed by atoms with Crippen LogP contribution >= 0.6 is 23.2 Å². The minimum absolute atomic E-state index is 0.606. The van der Waals surface area contributed by atoms with Crippen molar-refractivity contribution in [2.45, 2.75) is 13.5 Å². The minimum Gasteiger partial charge on any atom is -0.321 e. The van der Waals surface area contributed by atoms with Gasteiger partial charge < -0.3 is 5.43 Å². The van der Waals surface area contributed by atoms with E-state index in [0.717, 1.165) is 21.8 Å². The zero-order valence-electron chi connectivity index (χ0n) is 10.0. The predicted molar refractivity (Wildman–Crippen MR) is 78.1 cm³/mol. The third kappa shape index (κ3) is 3.39. The maximum absolute atomic E-state index is 6.22. The Labute approximate surface area is 117 Å². The van der Waals surface area contributed by atoms with Crippen LogP contribution in [-0.4, -0.2) is 0 Å². The van der Waals surface area contributed by atoms with Crippen molar-refractivity contribution in [3.05, 3.63) is 63.6 Å². The summed E-state index contributed by atoms with van der Waals surface area (Å²) in [5, 5.41) is 1.45. The molecule has 0 aliphatic carbocycles. The van der Waals surface area contributed by atoms with Crippen molar-refractivity contribution in [1.29, 1.82) is 0 Å². The summed E-state index contributed by atoms with van der Waals surface area (Å²) in [7, 11) is 0. The van der Waals surface area contributed by atoms with Crippen molar-refractivity contribution in [3.63, 3.8) is 0 Å². The van der Waals surface area contributed by atoms with Crippen LogP contribution in [0, 0.1) is 6.92 Å². The quantitative estimate of drug-likeness (QED) is 0.811. The minimum atomic E-state index is 0.606. The number of rotatable bonds is 4. The van der Waals surface area contributed by atoms with Gasteiger partial charge in [0, 0.05) is 22.3 Å². The Morgan fingerprint density at radius 1 is 1.06 bits per heavy atom. The third-order valence-corrected chi connectivity index (χ3v) is 3.34. The van der Waals surface area contributed by atoms with Crippen LogP contribution in [-0.2, 0) is 6.54 Å². The van der Waals surface area contributed by atoms with Gasteiger partial charge in [-0.15, -0.1) is 0 Å². The lowest BCUT2D eigenvalue weighted by Gasteiger charge is -2.11. The van der Waals surface area contributed by atoms with Gasteiger partial charge in [0.05, 0.1) is 0 Å². The number of halogens is 2. The molecule has 0 aliphatic heterocycles. The first-order chi connectivity index (χ1) is 8.66. The molecule has 18 heavy (non-hydrogen) atoms. The van der Waals surface area contributed by atoms with Gasteiger partial charge in [0.1, 0.15) is 0 Å². The lowest BCUT2D eigenvalue weighted by Crippen LogP contribution is -2.21. The van der Waals surface area contributed by atoms with Crippen LogP contribution in [0.5, 0.6) is 0 Å². The Morgan fingerprint density at radius 2 is 1.78 bits per heavy atom. The molecule has 0 saturated carbocycles. The maximum Gasteiger partial charge on any atom is 0.0487 e. The van der Waals surface area contributed by atoms with E-state index < -0.39 is 0 Å². The average Bonchev–Trinajstić information content (AvgIpc) is 2.36. The fraction of sp³-hybridized carbons (Fsp3) is 0.143. The second-order valence-corrected chi connectivity index (χ2v) is 4.85. The van der Waals surface area contributed by atoms with Gasteiger partial charge in [0.2, 0.25) is 0 Å². The molecule has 0 saturated heterocycles. The SMILES string of the molecule is Cc1cc(Cl)cc(CNNc2ccccc2)c1Cl. The normalized spacial score (nSPS) is 10.4. The van der Waals surface area contributed by atoms with Crippen molar-refractivity contribution in [3.8, 4) is 0 Å². The van der Waals surface area contributed by atoms with Gasteiger partial charge in [0.15, 0.2) is 0 Å². The van der Waals surface area contributed by atoms with Crippen LogP contribution in [0.3, 0.4) is 0 Å². The molecule has 2 nitrogen and oxygen atoms in total. The predicted octanol–water partition coefficient (Wildman–Crippen LogP) is 4.42. The number of benzene rings is 2. The highest BCUT2D eigenvalue weighted by Crippen LogP contribution is 2.25. The van der Waals surface area contributed by atoms with Gasteiger partial charge in [-0.1, -0.05) is 41.4 Å². The first kappa shape index (κ1) is 13.2. The van der Waals surface area contributed by atoms with E-state index >= 15 is 0 Å². The number of nitrogens with one attached hydrogen (secondary N) is 2. The molecular formula is C14H14Cl2N2. The number of hydrogen-bond donors (Lipinski definition) is 2. The number of hydrogen-bond acceptors (Lipinski definition) is 2. The van der Waals surface area contributed by atoms with Gasteiger partial charge in [0.25, 0.3) is 0 Å². The monoisotopic (exact) mass is 280 g/mol. The fourth-order valence-electron chi connectivity index (χ4n) is 1.69. The molecular weight excluding hydrogens is 267 g/mol. The molecule has 0 bridgehead atoms. The molecule has 4 heteroatoms. The highest BCUT2D eigenvalue weighted by atomic mass is 35.5. The topological polar surface area (TPSA) is 24.1 Å². The van der Waals surface area contributed by atoms with Gasteiger partial charge in [-0.05, 0) is 42.3 Å². The van der Waals surface area contributed by atoms with E-state index in [1.165, 1.54) is 0 Å². The van der Waals surface area contributed by atoms with Crippen molar-refractivity contribution < 1.29 is 0 Å². The fourth-order valence-corrected chi connectivity index (χ4v) is 2.16. The van der Waals surface area contributed by atoms with Crippen molar-refractivity contribution >= 4 is 28.9 Å². The molecule has 0 amide bonds. The number of para-hydroxylation sites is 1. The second-order valence-electron chi connectivity index (χ2n) is 4.04. The lowest BCUT2D eigenvalue weighted by molar-refractivity contribution is 0.801. The van der Waals surface area contributed by atoms with Crippen LogP contribution in [0.2, 0.25) is 10.0 Å². The molecule has 0 radical (unpaired) electrons. The highest BCUT2D eigenvalue weighted by molar-refractivity contribution is 6.34. The van der Waals surface area contributed by atoms with Crippen molar-refractivity contribution in [2.75, 3.05) is 5.43 Å². The smallest absolute Gasteiger partial charge is 0.0487 e. The number of hydrazine groups is 1. The Balaban J connectivity index is 1.99. The molecule has 0 spiro atoms. The molecule has 2 aromatic rings. The number of aryl methyl sites for hydroxylation is 1. The molecule has 0 fully saturated rings. The molecule has 0 aliphatic rings. The van der Waals surface area contributed by atoms with E-state index in [1.54, 1.807) is 0 Å². The van der Waals surface area contributed by atoms with E-state index in [1.807, 2.05) is 49.4 Å². The van der Waals surface area contributed by atoms with E-state index in [-0.39, 0.29) is 0 Å². The summed E-state index contributed by atoms with van der Waals surface area (Å²) in [5.41, 5.74) is 9.20. The largest absolute Gasteiger partial charge is 0.321 e. The summed E-state index contributed by atoms with van der Waals surface area (Å²) < 4.78 is 0. The van der Waals surface area contributed by atoms with Gasteiger partial charge in [-0.3, -0.25) is 0 Å². The summed E-state index contributed by atoms with van der Waals surface area (Å²) in [6.07, 6.45) is 0. The zero-order chi connectivity index (χ0) is 13.0. The average molecular weight is 281 g/mol. The van der Waals surface area contributed by atoms with E-state index in [0.29, 0.717) is 11.6 Å². The summed E-state index contributed by atoms with van der Waals surface area (Å²) in [6, 6.07) is 13.6. The van der Waals surface area contributed by atoms with Crippen LogP contribution < -0.4 is 10.9 Å². The highest BCUT2D eigenvalue weighted by Gasteiger charge is 2.05. The second kappa shape index (κ2) is 6.10. The van der Waals surface area contributed by atoms with E-state index in [2.05, 4.69) is 10.9 Å². The summed E-state index contributed by atoms with van der Waals surface area (Å²) in [4.78, 5) is 0. The summed E-state index contributed by atoms with van der Waals surface area (Å²) in [6.45, 7) is 2.55. The first-order valence-electron chi connectivity index (χ1n) is 5.65. The standard InChI is InChI=1S/C14H14Cl2N2/c1-10-7-12(15)8-11(14(10)16)9-17-18-13-5-3-2-4-6-13/h2-8,17-18H,9H2,1H3. The summed E-state index contributed by atoms with van der Waals surface area (Å²) in [5.74, 6) is 0. The van der Waals surface area contributed by atoms with Crippen molar-refractivity contribution in [1.82, 2.24) is 5.43 Å². The van der Waals surface area contributed by atoms with Crippen LogP contribution in [0.25, 0.3) is 0 Å².